The molecule has 2 saturated heterocycles. The molecular formula is C23H25F3N4O3. The standard InChI is InChI=1S/C23H25F3N4O3/c1-14-20(15(2)33-28-14)21(32)29-7-5-22(6-8-29)13-30(11-17(22)12-31)18-4-3-16(10-27)19(9-18)23(24,25)26/h3-4,9,17,31H,5-8,11-13H2,1-2H3. The molecule has 3 heterocycles. The van der Waals surface area contributed by atoms with Crippen LogP contribution in [-0.4, -0.2) is 53.9 Å². The predicted molar refractivity (Wildman–Crippen MR) is 112 cm³/mol. The molecule has 0 saturated carbocycles. The van der Waals surface area contributed by atoms with Crippen molar-refractivity contribution < 1.29 is 27.6 Å². The Balaban J connectivity index is 1.53. The van der Waals surface area contributed by atoms with Gasteiger partial charge in [0.1, 0.15) is 11.3 Å². The molecule has 1 spiro atoms. The van der Waals surface area contributed by atoms with Crippen LogP contribution in [0.3, 0.4) is 0 Å². The first kappa shape index (κ1) is 23.1. The van der Waals surface area contributed by atoms with Crippen LogP contribution in [0.2, 0.25) is 0 Å². The number of aliphatic hydroxyl groups excluding tert-OH is 1. The minimum Gasteiger partial charge on any atom is -0.396 e. The van der Waals surface area contributed by atoms with Gasteiger partial charge in [-0.2, -0.15) is 18.4 Å². The largest absolute Gasteiger partial charge is 0.417 e. The third-order valence-electron chi connectivity index (χ3n) is 7.12. The number of aryl methyl sites for hydroxylation is 2. The molecule has 0 radical (unpaired) electrons. The van der Waals surface area contributed by atoms with E-state index in [2.05, 4.69) is 5.16 Å². The number of aromatic nitrogens is 1. The van der Waals surface area contributed by atoms with Crippen LogP contribution in [0.1, 0.15) is 45.8 Å². The van der Waals surface area contributed by atoms with Crippen LogP contribution in [0.4, 0.5) is 18.9 Å². The summed E-state index contributed by atoms with van der Waals surface area (Å²) in [5.41, 5.74) is -0.287. The zero-order chi connectivity index (χ0) is 24.0. The summed E-state index contributed by atoms with van der Waals surface area (Å²) in [5, 5.41) is 23.0. The summed E-state index contributed by atoms with van der Waals surface area (Å²) in [4.78, 5) is 16.6. The number of halogens is 3. The quantitative estimate of drug-likeness (QED) is 0.750. The number of anilines is 1. The maximum absolute atomic E-state index is 13.4. The summed E-state index contributed by atoms with van der Waals surface area (Å²) >= 11 is 0. The minimum atomic E-state index is -4.63. The second kappa shape index (κ2) is 8.37. The van der Waals surface area contributed by atoms with E-state index in [0.29, 0.717) is 61.7 Å². The third kappa shape index (κ3) is 4.06. The molecule has 2 aliphatic heterocycles. The molecule has 176 valence electrons. The normalized spacial score (nSPS) is 20.3. The summed E-state index contributed by atoms with van der Waals surface area (Å²) < 4.78 is 45.4. The highest BCUT2D eigenvalue weighted by molar-refractivity contribution is 5.96. The van der Waals surface area contributed by atoms with Gasteiger partial charge in [0.2, 0.25) is 0 Å². The molecule has 1 amide bonds. The predicted octanol–water partition coefficient (Wildman–Crippen LogP) is 3.53. The Labute approximate surface area is 189 Å². The van der Waals surface area contributed by atoms with Crippen molar-refractivity contribution in [3.05, 3.63) is 46.3 Å². The lowest BCUT2D eigenvalue weighted by Gasteiger charge is -2.42. The number of likely N-dealkylation sites (tertiary alicyclic amines) is 1. The first-order valence-electron chi connectivity index (χ1n) is 10.8. The molecule has 2 fully saturated rings. The summed E-state index contributed by atoms with van der Waals surface area (Å²) in [6.07, 6.45) is -3.36. The van der Waals surface area contributed by atoms with Gasteiger partial charge in [-0.3, -0.25) is 4.79 Å². The van der Waals surface area contributed by atoms with Crippen LogP contribution in [-0.2, 0) is 6.18 Å². The van der Waals surface area contributed by atoms with E-state index in [4.69, 9.17) is 9.78 Å². The summed E-state index contributed by atoms with van der Waals surface area (Å²) in [5.74, 6) is 0.205. The molecule has 2 aliphatic rings. The van der Waals surface area contributed by atoms with Gasteiger partial charge in [-0.1, -0.05) is 5.16 Å². The molecular weight excluding hydrogens is 437 g/mol. The number of amides is 1. The topological polar surface area (TPSA) is 93.6 Å². The number of rotatable bonds is 3. The first-order valence-corrected chi connectivity index (χ1v) is 10.8. The Morgan fingerprint density at radius 2 is 2.03 bits per heavy atom. The zero-order valence-electron chi connectivity index (χ0n) is 18.4. The summed E-state index contributed by atoms with van der Waals surface area (Å²) in [6.45, 7) is 5.19. The molecule has 0 aliphatic carbocycles. The maximum atomic E-state index is 13.4. The lowest BCUT2D eigenvalue weighted by Crippen LogP contribution is -2.47. The molecule has 1 atom stereocenters. The first-order chi connectivity index (χ1) is 15.6. The molecule has 4 rings (SSSR count). The van der Waals surface area contributed by atoms with Gasteiger partial charge in [-0.25, -0.2) is 0 Å². The lowest BCUT2D eigenvalue weighted by atomic mass is 9.71. The summed E-state index contributed by atoms with van der Waals surface area (Å²) in [6, 6.07) is 5.34. The molecule has 1 aromatic heterocycles. The third-order valence-corrected chi connectivity index (χ3v) is 7.12. The van der Waals surface area contributed by atoms with E-state index in [-0.39, 0.29) is 23.8 Å². The maximum Gasteiger partial charge on any atom is 0.417 e. The second-order valence-electron chi connectivity index (χ2n) is 8.95. The molecule has 2 aromatic rings. The molecule has 7 nitrogen and oxygen atoms in total. The van der Waals surface area contributed by atoms with E-state index in [1.807, 2.05) is 4.90 Å². The van der Waals surface area contributed by atoms with Crippen molar-refractivity contribution in [3.8, 4) is 6.07 Å². The van der Waals surface area contributed by atoms with Crippen molar-refractivity contribution in [1.29, 1.82) is 5.26 Å². The molecule has 1 N–H and O–H groups in total. The van der Waals surface area contributed by atoms with Crippen LogP contribution < -0.4 is 4.90 Å². The number of carbonyl (C=O) groups is 1. The Morgan fingerprint density at radius 3 is 2.58 bits per heavy atom. The molecule has 1 aromatic carbocycles. The van der Waals surface area contributed by atoms with Crippen LogP contribution in [0.25, 0.3) is 0 Å². The Kier molecular flexibility index (Phi) is 5.86. The summed E-state index contributed by atoms with van der Waals surface area (Å²) in [7, 11) is 0. The SMILES string of the molecule is Cc1noc(C)c1C(=O)N1CCC2(CC1)CN(c1ccc(C#N)c(C(F)(F)F)c1)CC2CO. The number of alkyl halides is 3. The van der Waals surface area contributed by atoms with Gasteiger partial charge in [0.15, 0.2) is 0 Å². The Bertz CT molecular complexity index is 1080. The second-order valence-corrected chi connectivity index (χ2v) is 8.95. The van der Waals surface area contributed by atoms with Crippen molar-refractivity contribution in [2.45, 2.75) is 32.9 Å². The van der Waals surface area contributed by atoms with E-state index in [1.165, 1.54) is 12.1 Å². The number of benzene rings is 1. The number of nitriles is 1. The van der Waals surface area contributed by atoms with Gasteiger partial charge in [-0.15, -0.1) is 0 Å². The highest BCUT2D eigenvalue weighted by Gasteiger charge is 2.49. The number of carbonyl (C=O) groups excluding carboxylic acids is 1. The fraction of sp³-hybridized carbons (Fsp3) is 0.522. The van der Waals surface area contributed by atoms with Crippen molar-refractivity contribution in [1.82, 2.24) is 10.1 Å². The van der Waals surface area contributed by atoms with Crippen molar-refractivity contribution in [2.75, 3.05) is 37.7 Å². The van der Waals surface area contributed by atoms with Gasteiger partial charge in [0.25, 0.3) is 5.91 Å². The average Bonchev–Trinajstić information content (AvgIpc) is 3.32. The molecule has 0 bridgehead atoms. The number of hydrogen-bond donors (Lipinski definition) is 1. The van der Waals surface area contributed by atoms with Crippen LogP contribution in [0, 0.1) is 36.5 Å². The fourth-order valence-corrected chi connectivity index (χ4v) is 5.21. The lowest BCUT2D eigenvalue weighted by molar-refractivity contribution is -0.137. The van der Waals surface area contributed by atoms with E-state index in [0.717, 1.165) is 6.07 Å². The van der Waals surface area contributed by atoms with Crippen LogP contribution in [0.15, 0.2) is 22.7 Å². The zero-order valence-corrected chi connectivity index (χ0v) is 18.4. The van der Waals surface area contributed by atoms with E-state index in [9.17, 15) is 23.1 Å². The number of hydrogen-bond acceptors (Lipinski definition) is 6. The van der Waals surface area contributed by atoms with Gasteiger partial charge in [0, 0.05) is 44.4 Å². The van der Waals surface area contributed by atoms with Crippen molar-refractivity contribution in [3.63, 3.8) is 0 Å². The number of aliphatic hydroxyl groups is 1. The Morgan fingerprint density at radius 1 is 1.33 bits per heavy atom. The highest BCUT2D eigenvalue weighted by atomic mass is 19.4. The molecule has 1 unspecified atom stereocenters. The Hall–Kier alpha value is -3.06. The molecule has 10 heteroatoms. The van der Waals surface area contributed by atoms with E-state index in [1.54, 1.807) is 24.8 Å². The van der Waals surface area contributed by atoms with Crippen LogP contribution >= 0.6 is 0 Å². The average molecular weight is 462 g/mol. The van der Waals surface area contributed by atoms with E-state index < -0.39 is 17.3 Å². The van der Waals surface area contributed by atoms with Crippen LogP contribution in [0.5, 0.6) is 0 Å². The smallest absolute Gasteiger partial charge is 0.396 e. The minimum absolute atomic E-state index is 0.0866. The van der Waals surface area contributed by atoms with Crippen molar-refractivity contribution >= 4 is 11.6 Å². The number of piperidine rings is 1. The monoisotopic (exact) mass is 462 g/mol. The highest BCUT2D eigenvalue weighted by Crippen LogP contribution is 2.46. The molecule has 33 heavy (non-hydrogen) atoms. The number of nitrogens with zero attached hydrogens (tertiary/aromatic N) is 4. The van der Waals surface area contributed by atoms with Gasteiger partial charge in [-0.05, 0) is 50.3 Å². The van der Waals surface area contributed by atoms with Gasteiger partial charge >= 0.3 is 6.18 Å². The fourth-order valence-electron chi connectivity index (χ4n) is 5.21. The van der Waals surface area contributed by atoms with E-state index >= 15 is 0 Å². The van der Waals surface area contributed by atoms with Gasteiger partial charge in [0.05, 0.1) is 22.9 Å². The van der Waals surface area contributed by atoms with Gasteiger partial charge < -0.3 is 19.4 Å². The van der Waals surface area contributed by atoms with Crippen molar-refractivity contribution in [2.24, 2.45) is 11.3 Å².